The van der Waals surface area contributed by atoms with E-state index in [2.05, 4.69) is 49.5 Å². The van der Waals surface area contributed by atoms with Crippen LogP contribution in [0.5, 0.6) is 0 Å². The number of aromatic amines is 2. The molecule has 4 heterocycles. The highest BCUT2D eigenvalue weighted by Crippen LogP contribution is 2.47. The fourth-order valence-electron chi connectivity index (χ4n) is 4.95. The fraction of sp³-hybridized carbons (Fsp3) is 0.0370. The van der Waals surface area contributed by atoms with Crippen LogP contribution in [-0.2, 0) is 0 Å². The van der Waals surface area contributed by atoms with Gasteiger partial charge in [-0.25, -0.2) is 9.97 Å². The Morgan fingerprint density at radius 3 is 2.74 bits per heavy atom. The van der Waals surface area contributed by atoms with Gasteiger partial charge in [-0.2, -0.15) is 0 Å². The lowest BCUT2D eigenvalue weighted by molar-refractivity contribution is 0.0945. The maximum absolute atomic E-state index is 13.4. The first kappa shape index (κ1) is 18.8. The molecule has 0 fully saturated rings. The van der Waals surface area contributed by atoms with Crippen molar-refractivity contribution in [2.24, 2.45) is 0 Å². The minimum Gasteiger partial charge on any atom is -0.345 e. The van der Waals surface area contributed by atoms with Crippen LogP contribution in [0, 0.1) is 0 Å². The average molecular weight is 442 g/mol. The van der Waals surface area contributed by atoms with Gasteiger partial charge in [0.05, 0.1) is 28.8 Å². The first-order chi connectivity index (χ1) is 16.8. The van der Waals surface area contributed by atoms with Crippen molar-refractivity contribution in [2.75, 3.05) is 0 Å². The second-order valence-corrected chi connectivity index (χ2v) is 8.34. The van der Waals surface area contributed by atoms with Crippen LogP contribution in [0.2, 0.25) is 0 Å². The van der Waals surface area contributed by atoms with Gasteiger partial charge in [0.15, 0.2) is 0 Å². The number of hydrogen-bond acceptors (Lipinski definition) is 4. The molecule has 0 saturated carbocycles. The highest BCUT2D eigenvalue weighted by molar-refractivity contribution is 6.06. The predicted octanol–water partition coefficient (Wildman–Crippen LogP) is 5.00. The Hall–Kier alpha value is -4.78. The molecule has 1 atom stereocenters. The Kier molecular flexibility index (Phi) is 3.92. The van der Waals surface area contributed by atoms with Gasteiger partial charge in [-0.3, -0.25) is 9.78 Å². The van der Waals surface area contributed by atoms with Crippen LogP contribution in [0.25, 0.3) is 44.6 Å². The highest BCUT2D eigenvalue weighted by atomic mass is 16.1. The zero-order valence-electron chi connectivity index (χ0n) is 17.9. The Morgan fingerprint density at radius 1 is 0.912 bits per heavy atom. The predicted molar refractivity (Wildman–Crippen MR) is 130 cm³/mol. The molecular formula is C27H18N6O. The van der Waals surface area contributed by atoms with E-state index in [1.54, 1.807) is 24.8 Å². The molecule has 0 aliphatic heterocycles. The minimum absolute atomic E-state index is 0.146. The van der Waals surface area contributed by atoms with Gasteiger partial charge in [0.2, 0.25) is 0 Å². The van der Waals surface area contributed by atoms with Gasteiger partial charge >= 0.3 is 0 Å². The summed E-state index contributed by atoms with van der Waals surface area (Å²) in [5, 5.41) is 4.07. The number of nitrogens with zero attached hydrogens (tertiary/aromatic N) is 3. The largest absolute Gasteiger partial charge is 0.345 e. The van der Waals surface area contributed by atoms with E-state index in [1.807, 2.05) is 36.4 Å². The van der Waals surface area contributed by atoms with Crippen molar-refractivity contribution in [1.82, 2.24) is 30.2 Å². The quantitative estimate of drug-likeness (QED) is 0.359. The topological polar surface area (TPSA) is 99.4 Å². The van der Waals surface area contributed by atoms with E-state index in [1.165, 1.54) is 0 Å². The van der Waals surface area contributed by atoms with Crippen LogP contribution in [0.3, 0.4) is 0 Å². The SMILES string of the molecule is O=C(NC1c2ccccc2-c2c(-c3nc4ccncc4[nH]3)cccc21)c1c[nH]c2ncccc12. The summed E-state index contributed by atoms with van der Waals surface area (Å²) in [5.41, 5.74) is 8.31. The van der Waals surface area contributed by atoms with Crippen LogP contribution in [0.4, 0.5) is 0 Å². The third kappa shape index (κ3) is 2.70. The van der Waals surface area contributed by atoms with Gasteiger partial charge < -0.3 is 15.3 Å². The van der Waals surface area contributed by atoms with Crippen molar-refractivity contribution in [1.29, 1.82) is 0 Å². The highest BCUT2D eigenvalue weighted by Gasteiger charge is 2.32. The van der Waals surface area contributed by atoms with E-state index < -0.39 is 0 Å². The number of carbonyl (C=O) groups is 1. The van der Waals surface area contributed by atoms with Crippen LogP contribution in [-0.4, -0.2) is 30.8 Å². The fourth-order valence-corrected chi connectivity index (χ4v) is 4.95. The Labute approximate surface area is 193 Å². The summed E-state index contributed by atoms with van der Waals surface area (Å²) in [6.45, 7) is 0. The second-order valence-electron chi connectivity index (χ2n) is 8.34. The number of fused-ring (bicyclic) bond motifs is 5. The lowest BCUT2D eigenvalue weighted by atomic mass is 9.98. The van der Waals surface area contributed by atoms with E-state index in [0.29, 0.717) is 11.2 Å². The molecule has 1 aliphatic carbocycles. The first-order valence-electron chi connectivity index (χ1n) is 11.0. The normalized spacial score (nSPS) is 14.3. The summed E-state index contributed by atoms with van der Waals surface area (Å²) in [5.74, 6) is 0.636. The number of nitrogens with one attached hydrogen (secondary N) is 3. The molecular weight excluding hydrogens is 424 g/mol. The van der Waals surface area contributed by atoms with Crippen molar-refractivity contribution in [3.05, 3.63) is 102 Å². The molecule has 1 amide bonds. The standard InChI is InChI=1S/C27H18N6O/c34-27(20-13-30-25-17(20)9-4-11-29-25)33-24-16-6-2-1-5-15(16)23-18(24)7-3-8-19(23)26-31-21-10-12-28-14-22(21)32-26/h1-14,24H,(H,29,30)(H,31,32)(H,33,34). The molecule has 7 rings (SSSR count). The third-order valence-electron chi connectivity index (χ3n) is 6.46. The number of aromatic nitrogens is 5. The summed E-state index contributed by atoms with van der Waals surface area (Å²) in [4.78, 5) is 33.2. The summed E-state index contributed by atoms with van der Waals surface area (Å²) in [7, 11) is 0. The van der Waals surface area contributed by atoms with Gasteiger partial charge in [0.25, 0.3) is 5.91 Å². The Balaban J connectivity index is 1.36. The number of benzene rings is 2. The lowest BCUT2D eigenvalue weighted by Crippen LogP contribution is -2.27. The molecule has 0 spiro atoms. The number of H-pyrrole nitrogens is 2. The molecule has 1 aliphatic rings. The molecule has 6 aromatic rings. The molecule has 2 aromatic carbocycles. The second kappa shape index (κ2) is 7.11. The molecule has 7 heteroatoms. The smallest absolute Gasteiger partial charge is 0.254 e. The van der Waals surface area contributed by atoms with Gasteiger partial charge in [0, 0.05) is 29.5 Å². The average Bonchev–Trinajstić information content (AvgIpc) is 3.58. The number of rotatable bonds is 3. The lowest BCUT2D eigenvalue weighted by Gasteiger charge is -2.16. The van der Waals surface area contributed by atoms with E-state index in [9.17, 15) is 4.79 Å². The van der Waals surface area contributed by atoms with Gasteiger partial charge in [-0.1, -0.05) is 42.5 Å². The molecule has 3 N–H and O–H groups in total. The monoisotopic (exact) mass is 442 g/mol. The molecule has 0 bridgehead atoms. The van der Waals surface area contributed by atoms with E-state index >= 15 is 0 Å². The number of amides is 1. The number of pyridine rings is 2. The van der Waals surface area contributed by atoms with Crippen LogP contribution >= 0.6 is 0 Å². The molecule has 7 nitrogen and oxygen atoms in total. The molecule has 0 saturated heterocycles. The molecule has 1 unspecified atom stereocenters. The van der Waals surface area contributed by atoms with Gasteiger partial charge in [0.1, 0.15) is 11.5 Å². The van der Waals surface area contributed by atoms with Crippen molar-refractivity contribution in [2.45, 2.75) is 6.04 Å². The molecule has 0 radical (unpaired) electrons. The van der Waals surface area contributed by atoms with E-state index in [4.69, 9.17) is 4.98 Å². The summed E-state index contributed by atoms with van der Waals surface area (Å²) >= 11 is 0. The van der Waals surface area contributed by atoms with Crippen LogP contribution < -0.4 is 5.32 Å². The molecule has 162 valence electrons. The Bertz CT molecular complexity index is 1700. The summed E-state index contributed by atoms with van der Waals surface area (Å²) in [6, 6.07) is 19.7. The minimum atomic E-state index is -0.272. The van der Waals surface area contributed by atoms with Crippen molar-refractivity contribution < 1.29 is 4.79 Å². The number of imidazole rings is 1. The maximum atomic E-state index is 13.4. The zero-order chi connectivity index (χ0) is 22.6. The molecule has 4 aromatic heterocycles. The van der Waals surface area contributed by atoms with E-state index in [-0.39, 0.29) is 11.9 Å². The zero-order valence-corrected chi connectivity index (χ0v) is 17.9. The van der Waals surface area contributed by atoms with Crippen molar-refractivity contribution in [3.63, 3.8) is 0 Å². The van der Waals surface area contributed by atoms with Crippen molar-refractivity contribution in [3.8, 4) is 22.5 Å². The third-order valence-corrected chi connectivity index (χ3v) is 6.46. The number of carbonyl (C=O) groups excluding carboxylic acids is 1. The van der Waals surface area contributed by atoms with Crippen LogP contribution in [0.15, 0.2) is 85.5 Å². The van der Waals surface area contributed by atoms with Gasteiger partial charge in [-0.05, 0) is 40.5 Å². The van der Waals surface area contributed by atoms with Crippen LogP contribution in [0.1, 0.15) is 27.5 Å². The first-order valence-corrected chi connectivity index (χ1v) is 11.0. The van der Waals surface area contributed by atoms with Gasteiger partial charge in [-0.15, -0.1) is 0 Å². The van der Waals surface area contributed by atoms with E-state index in [0.717, 1.165) is 50.1 Å². The number of hydrogen-bond donors (Lipinski definition) is 3. The Morgan fingerprint density at radius 2 is 1.79 bits per heavy atom. The molecule has 34 heavy (non-hydrogen) atoms. The van der Waals surface area contributed by atoms with Crippen molar-refractivity contribution >= 4 is 28.0 Å². The maximum Gasteiger partial charge on any atom is 0.254 e. The summed E-state index contributed by atoms with van der Waals surface area (Å²) < 4.78 is 0. The summed E-state index contributed by atoms with van der Waals surface area (Å²) in [6.07, 6.45) is 6.94.